The molecule has 1 aliphatic rings. The molecule has 1 fully saturated rings. The second-order valence-corrected chi connectivity index (χ2v) is 10.0. The van der Waals surface area contributed by atoms with Crippen LogP contribution >= 0.6 is 11.8 Å². The maximum Gasteiger partial charge on any atom is 0.251 e. The Labute approximate surface area is 179 Å². The number of amides is 1. The summed E-state index contributed by atoms with van der Waals surface area (Å²) in [5, 5.41) is 2.69. The van der Waals surface area contributed by atoms with Gasteiger partial charge in [0.1, 0.15) is 16.5 Å². The molecule has 1 heterocycles. The summed E-state index contributed by atoms with van der Waals surface area (Å²) in [7, 11) is -3.97. The van der Waals surface area contributed by atoms with E-state index in [1.54, 1.807) is 18.2 Å². The van der Waals surface area contributed by atoms with E-state index in [2.05, 4.69) is 5.32 Å². The predicted molar refractivity (Wildman–Crippen MR) is 114 cm³/mol. The Kier molecular flexibility index (Phi) is 7.85. The van der Waals surface area contributed by atoms with Crippen LogP contribution < -0.4 is 5.32 Å². The predicted octanol–water partition coefficient (Wildman–Crippen LogP) is 3.80. The van der Waals surface area contributed by atoms with E-state index in [0.717, 1.165) is 31.4 Å². The summed E-state index contributed by atoms with van der Waals surface area (Å²) in [6.45, 7) is 1.04. The number of hydrogen-bond acceptors (Lipinski definition) is 4. The van der Waals surface area contributed by atoms with Crippen molar-refractivity contribution in [1.82, 2.24) is 9.62 Å². The van der Waals surface area contributed by atoms with Crippen LogP contribution in [0.2, 0.25) is 0 Å². The molecule has 0 unspecified atom stereocenters. The van der Waals surface area contributed by atoms with Crippen LogP contribution in [0.1, 0.15) is 35.2 Å². The maximum atomic E-state index is 14.3. The van der Waals surface area contributed by atoms with Crippen molar-refractivity contribution >= 4 is 27.7 Å². The summed E-state index contributed by atoms with van der Waals surface area (Å²) < 4.78 is 54.6. The molecule has 5 nitrogen and oxygen atoms in total. The molecule has 2 aromatic carbocycles. The van der Waals surface area contributed by atoms with Gasteiger partial charge >= 0.3 is 0 Å². The standard InChI is InChI=1S/C21H24F2N2O3S2/c22-18-7-3-2-6-17(18)15-29-13-10-24-21(26)16-8-9-19(23)20(14-16)30(27,28)25-11-4-1-5-12-25/h2-3,6-9,14H,1,4-5,10-13,15H2,(H,24,26). The summed E-state index contributed by atoms with van der Waals surface area (Å²) in [6.07, 6.45) is 2.43. The van der Waals surface area contributed by atoms with Crippen molar-refractivity contribution in [1.29, 1.82) is 0 Å². The van der Waals surface area contributed by atoms with Gasteiger partial charge < -0.3 is 5.32 Å². The summed E-state index contributed by atoms with van der Waals surface area (Å²) >= 11 is 1.47. The molecule has 0 saturated carbocycles. The summed E-state index contributed by atoms with van der Waals surface area (Å²) in [6, 6.07) is 9.90. The molecule has 1 N–H and O–H groups in total. The minimum absolute atomic E-state index is 0.0890. The van der Waals surface area contributed by atoms with Crippen molar-refractivity contribution in [3.8, 4) is 0 Å². The average molecular weight is 455 g/mol. The molecule has 3 rings (SSSR count). The van der Waals surface area contributed by atoms with Gasteiger partial charge in [-0.1, -0.05) is 24.6 Å². The zero-order chi connectivity index (χ0) is 21.6. The molecule has 0 aromatic heterocycles. The van der Waals surface area contributed by atoms with Gasteiger partial charge in [0, 0.05) is 36.7 Å². The lowest BCUT2D eigenvalue weighted by molar-refractivity contribution is 0.0956. The van der Waals surface area contributed by atoms with Crippen molar-refractivity contribution < 1.29 is 22.0 Å². The molecule has 9 heteroatoms. The van der Waals surface area contributed by atoms with E-state index < -0.39 is 26.6 Å². The lowest BCUT2D eigenvalue weighted by Gasteiger charge is -2.26. The van der Waals surface area contributed by atoms with Gasteiger partial charge in [0.2, 0.25) is 10.0 Å². The number of carbonyl (C=O) groups excluding carboxylic acids is 1. The highest BCUT2D eigenvalue weighted by Crippen LogP contribution is 2.24. The molecule has 0 atom stereocenters. The van der Waals surface area contributed by atoms with Gasteiger partial charge in [-0.2, -0.15) is 16.1 Å². The van der Waals surface area contributed by atoms with Crippen molar-refractivity contribution in [3.05, 3.63) is 65.2 Å². The van der Waals surface area contributed by atoms with Gasteiger partial charge in [-0.25, -0.2) is 17.2 Å². The third kappa shape index (κ3) is 5.59. The Morgan fingerprint density at radius 1 is 1.03 bits per heavy atom. The average Bonchev–Trinajstić information content (AvgIpc) is 2.75. The molecule has 0 radical (unpaired) electrons. The fourth-order valence-corrected chi connectivity index (χ4v) is 5.68. The summed E-state index contributed by atoms with van der Waals surface area (Å²) in [4.78, 5) is 11.9. The first-order valence-corrected chi connectivity index (χ1v) is 12.4. The van der Waals surface area contributed by atoms with Gasteiger partial charge in [-0.15, -0.1) is 0 Å². The minimum Gasteiger partial charge on any atom is -0.351 e. The van der Waals surface area contributed by atoms with Crippen LogP contribution in [0.15, 0.2) is 47.4 Å². The third-order valence-corrected chi connectivity index (χ3v) is 7.80. The quantitative estimate of drug-likeness (QED) is 0.616. The highest BCUT2D eigenvalue weighted by atomic mass is 32.2. The van der Waals surface area contributed by atoms with Crippen molar-refractivity contribution in [2.24, 2.45) is 0 Å². The molecular formula is C21H24F2N2O3S2. The number of nitrogens with one attached hydrogen (secondary N) is 1. The van der Waals surface area contributed by atoms with Crippen LogP contribution in [0.3, 0.4) is 0 Å². The number of carbonyl (C=O) groups is 1. The van der Waals surface area contributed by atoms with Gasteiger partial charge in [0.15, 0.2) is 0 Å². The van der Waals surface area contributed by atoms with E-state index in [1.165, 1.54) is 28.2 Å². The summed E-state index contributed by atoms with van der Waals surface area (Å²) in [5.74, 6) is -0.561. The van der Waals surface area contributed by atoms with Crippen LogP contribution in [-0.2, 0) is 15.8 Å². The van der Waals surface area contributed by atoms with Crippen LogP contribution in [-0.4, -0.2) is 44.0 Å². The fourth-order valence-electron chi connectivity index (χ4n) is 3.22. The lowest BCUT2D eigenvalue weighted by Crippen LogP contribution is -2.36. The van der Waals surface area contributed by atoms with Crippen LogP contribution in [0.25, 0.3) is 0 Å². The van der Waals surface area contributed by atoms with Crippen molar-refractivity contribution in [3.63, 3.8) is 0 Å². The van der Waals surface area contributed by atoms with E-state index >= 15 is 0 Å². The van der Waals surface area contributed by atoms with Crippen LogP contribution in [0.4, 0.5) is 8.78 Å². The van der Waals surface area contributed by atoms with Crippen molar-refractivity contribution in [2.75, 3.05) is 25.4 Å². The highest BCUT2D eigenvalue weighted by Gasteiger charge is 2.29. The van der Waals surface area contributed by atoms with E-state index in [4.69, 9.17) is 0 Å². The topological polar surface area (TPSA) is 66.5 Å². The zero-order valence-corrected chi connectivity index (χ0v) is 18.1. The molecule has 0 aliphatic carbocycles. The highest BCUT2D eigenvalue weighted by molar-refractivity contribution is 7.98. The smallest absolute Gasteiger partial charge is 0.251 e. The number of halogens is 2. The largest absolute Gasteiger partial charge is 0.351 e. The molecular weight excluding hydrogens is 430 g/mol. The van der Waals surface area contributed by atoms with Gasteiger partial charge in [0.05, 0.1) is 0 Å². The van der Waals surface area contributed by atoms with Gasteiger partial charge in [-0.05, 0) is 42.7 Å². The Hall–Kier alpha value is -1.97. The summed E-state index contributed by atoms with van der Waals surface area (Å²) in [5.41, 5.74) is 0.686. The number of piperidine rings is 1. The van der Waals surface area contributed by atoms with E-state index in [9.17, 15) is 22.0 Å². The van der Waals surface area contributed by atoms with Crippen LogP contribution in [0.5, 0.6) is 0 Å². The number of sulfonamides is 1. The molecule has 30 heavy (non-hydrogen) atoms. The van der Waals surface area contributed by atoms with Gasteiger partial charge in [0.25, 0.3) is 5.91 Å². The first kappa shape index (κ1) is 22.7. The second kappa shape index (κ2) is 10.4. The molecule has 1 saturated heterocycles. The molecule has 162 valence electrons. The Morgan fingerprint density at radius 2 is 1.77 bits per heavy atom. The zero-order valence-electron chi connectivity index (χ0n) is 16.4. The molecule has 1 aliphatic heterocycles. The van der Waals surface area contributed by atoms with E-state index in [-0.39, 0.29) is 11.4 Å². The Balaban J connectivity index is 1.57. The van der Waals surface area contributed by atoms with E-state index in [1.807, 2.05) is 0 Å². The molecule has 2 aromatic rings. The molecule has 0 spiro atoms. The monoisotopic (exact) mass is 454 g/mol. The first-order valence-electron chi connectivity index (χ1n) is 9.78. The lowest BCUT2D eigenvalue weighted by atomic mass is 10.2. The van der Waals surface area contributed by atoms with Gasteiger partial charge in [-0.3, -0.25) is 4.79 Å². The van der Waals surface area contributed by atoms with Crippen molar-refractivity contribution in [2.45, 2.75) is 29.9 Å². The number of nitrogens with zero attached hydrogens (tertiary/aromatic N) is 1. The number of hydrogen-bond donors (Lipinski definition) is 1. The maximum absolute atomic E-state index is 14.3. The first-order chi connectivity index (χ1) is 14.4. The number of benzene rings is 2. The Morgan fingerprint density at radius 3 is 2.50 bits per heavy atom. The number of rotatable bonds is 8. The normalized spacial score (nSPS) is 15.1. The number of thioether (sulfide) groups is 1. The second-order valence-electron chi connectivity index (χ2n) is 7.01. The fraction of sp³-hybridized carbons (Fsp3) is 0.381. The SMILES string of the molecule is O=C(NCCSCc1ccccc1F)c1ccc(F)c(S(=O)(=O)N2CCCCC2)c1. The molecule has 0 bridgehead atoms. The molecule has 1 amide bonds. The van der Waals surface area contributed by atoms with Crippen LogP contribution in [0, 0.1) is 11.6 Å². The Bertz CT molecular complexity index is 993. The minimum atomic E-state index is -3.97. The third-order valence-electron chi connectivity index (χ3n) is 4.87. The van der Waals surface area contributed by atoms with E-state index in [0.29, 0.717) is 36.7 Å².